The Hall–Kier alpha value is -0.650. The lowest BCUT2D eigenvalue weighted by Crippen LogP contribution is -2.49. The Bertz CT molecular complexity index is 286. The van der Waals surface area contributed by atoms with Crippen molar-refractivity contribution in [3.05, 3.63) is 0 Å². The number of aliphatic carboxylic acids is 1. The van der Waals surface area contributed by atoms with Crippen molar-refractivity contribution in [3.63, 3.8) is 0 Å². The molecule has 5 nitrogen and oxygen atoms in total. The molecule has 1 aliphatic heterocycles. The van der Waals surface area contributed by atoms with E-state index in [1.54, 1.807) is 6.92 Å². The first-order valence-corrected chi connectivity index (χ1v) is 7.30. The summed E-state index contributed by atoms with van der Waals surface area (Å²) in [6, 6.07) is 0. The van der Waals surface area contributed by atoms with E-state index < -0.39 is 11.5 Å². The van der Waals surface area contributed by atoms with Gasteiger partial charge in [-0.2, -0.15) is 0 Å². The van der Waals surface area contributed by atoms with E-state index in [0.717, 1.165) is 39.1 Å². The monoisotopic (exact) mass is 272 g/mol. The van der Waals surface area contributed by atoms with Gasteiger partial charge in [-0.15, -0.1) is 0 Å². The van der Waals surface area contributed by atoms with Crippen LogP contribution in [0, 0.1) is 0 Å². The first kappa shape index (κ1) is 16.4. The zero-order valence-electron chi connectivity index (χ0n) is 12.4. The highest BCUT2D eigenvalue weighted by Crippen LogP contribution is 2.14. The third-order valence-electron chi connectivity index (χ3n) is 3.73. The molecule has 2 atom stereocenters. The summed E-state index contributed by atoms with van der Waals surface area (Å²) >= 11 is 0. The highest BCUT2D eigenvalue weighted by molar-refractivity contribution is 5.78. The minimum Gasteiger partial charge on any atom is -0.480 e. The Morgan fingerprint density at radius 1 is 1.58 bits per heavy atom. The second-order valence-corrected chi connectivity index (χ2v) is 5.61. The summed E-state index contributed by atoms with van der Waals surface area (Å²) in [5.41, 5.74) is -0.803. The molecule has 2 N–H and O–H groups in total. The normalized spacial score (nSPS) is 24.7. The third kappa shape index (κ3) is 5.47. The fourth-order valence-corrected chi connectivity index (χ4v) is 2.60. The molecule has 0 radical (unpaired) electrons. The third-order valence-corrected chi connectivity index (χ3v) is 3.73. The molecular weight excluding hydrogens is 244 g/mol. The molecule has 112 valence electrons. The average molecular weight is 272 g/mol. The van der Waals surface area contributed by atoms with Crippen molar-refractivity contribution in [2.75, 3.05) is 32.8 Å². The smallest absolute Gasteiger partial charge is 0.323 e. The van der Waals surface area contributed by atoms with E-state index in [9.17, 15) is 9.90 Å². The van der Waals surface area contributed by atoms with Crippen LogP contribution in [0.5, 0.6) is 0 Å². The maximum absolute atomic E-state index is 11.3. The van der Waals surface area contributed by atoms with E-state index in [2.05, 4.69) is 17.1 Å². The van der Waals surface area contributed by atoms with Crippen molar-refractivity contribution >= 4 is 5.97 Å². The number of nitrogens with zero attached hydrogens (tertiary/aromatic N) is 1. The summed E-state index contributed by atoms with van der Waals surface area (Å²) in [5.74, 6) is -0.762. The van der Waals surface area contributed by atoms with Gasteiger partial charge < -0.3 is 20.1 Å². The van der Waals surface area contributed by atoms with Crippen LogP contribution in [0.3, 0.4) is 0 Å². The molecule has 0 aromatic carbocycles. The molecule has 0 amide bonds. The van der Waals surface area contributed by atoms with Crippen LogP contribution < -0.4 is 5.32 Å². The van der Waals surface area contributed by atoms with Gasteiger partial charge in [0, 0.05) is 19.7 Å². The lowest BCUT2D eigenvalue weighted by Gasteiger charge is -2.28. The number of carbonyl (C=O) groups is 1. The number of carboxylic acid groups (broad SMARTS) is 1. The fraction of sp³-hybridized carbons (Fsp3) is 0.929. The van der Waals surface area contributed by atoms with Crippen LogP contribution in [0.4, 0.5) is 0 Å². The Morgan fingerprint density at radius 2 is 2.32 bits per heavy atom. The Labute approximate surface area is 116 Å². The van der Waals surface area contributed by atoms with Crippen molar-refractivity contribution in [3.8, 4) is 0 Å². The first-order valence-electron chi connectivity index (χ1n) is 7.30. The molecule has 0 aliphatic carbocycles. The summed E-state index contributed by atoms with van der Waals surface area (Å²) in [4.78, 5) is 13.7. The SMILES string of the molecule is CCNC(C)(CCCN1CCCOC(C)C1)C(=O)O. The second-order valence-electron chi connectivity index (χ2n) is 5.61. The maximum atomic E-state index is 11.3. The lowest BCUT2D eigenvalue weighted by molar-refractivity contribution is -0.144. The molecule has 0 bridgehead atoms. The molecule has 5 heteroatoms. The van der Waals surface area contributed by atoms with Gasteiger partial charge in [0.05, 0.1) is 6.10 Å². The predicted octanol–water partition coefficient (Wildman–Crippen LogP) is 1.33. The molecule has 1 fully saturated rings. The number of hydrogen-bond donors (Lipinski definition) is 2. The van der Waals surface area contributed by atoms with Crippen LogP contribution in [-0.4, -0.2) is 60.4 Å². The molecule has 19 heavy (non-hydrogen) atoms. The summed E-state index contributed by atoms with van der Waals surface area (Å²) in [6.07, 6.45) is 2.89. The van der Waals surface area contributed by atoms with Gasteiger partial charge in [-0.05, 0) is 46.2 Å². The first-order chi connectivity index (χ1) is 8.98. The number of ether oxygens (including phenoxy) is 1. The molecule has 1 heterocycles. The van der Waals surface area contributed by atoms with Crippen molar-refractivity contribution < 1.29 is 14.6 Å². The number of rotatable bonds is 7. The summed E-state index contributed by atoms with van der Waals surface area (Å²) in [5, 5.41) is 12.4. The molecule has 2 unspecified atom stereocenters. The predicted molar refractivity (Wildman–Crippen MR) is 75.4 cm³/mol. The van der Waals surface area contributed by atoms with Crippen molar-refractivity contribution in [1.82, 2.24) is 10.2 Å². The lowest BCUT2D eigenvalue weighted by atomic mass is 9.95. The Balaban J connectivity index is 2.36. The molecule has 1 rings (SSSR count). The molecule has 0 aromatic heterocycles. The van der Waals surface area contributed by atoms with Gasteiger partial charge in [-0.1, -0.05) is 6.92 Å². The number of carboxylic acids is 1. The largest absolute Gasteiger partial charge is 0.480 e. The number of nitrogens with one attached hydrogen (secondary N) is 1. The van der Waals surface area contributed by atoms with E-state index in [4.69, 9.17) is 4.74 Å². The van der Waals surface area contributed by atoms with Crippen molar-refractivity contribution in [2.45, 2.75) is 51.7 Å². The van der Waals surface area contributed by atoms with E-state index in [0.29, 0.717) is 13.0 Å². The average Bonchev–Trinajstić information content (AvgIpc) is 2.54. The van der Waals surface area contributed by atoms with Gasteiger partial charge in [-0.3, -0.25) is 4.79 Å². The molecule has 1 saturated heterocycles. The fourth-order valence-electron chi connectivity index (χ4n) is 2.60. The molecular formula is C14H28N2O3. The summed E-state index contributed by atoms with van der Waals surface area (Å²) in [6.45, 7) is 10.3. The standard InChI is InChI=1S/C14H28N2O3/c1-4-15-14(3,13(17)18)7-5-8-16-9-6-10-19-12(2)11-16/h12,15H,4-11H2,1-3H3,(H,17,18). The number of hydrogen-bond acceptors (Lipinski definition) is 4. The topological polar surface area (TPSA) is 61.8 Å². The van der Waals surface area contributed by atoms with Gasteiger partial charge in [-0.25, -0.2) is 0 Å². The highest BCUT2D eigenvalue weighted by atomic mass is 16.5. The number of likely N-dealkylation sites (N-methyl/N-ethyl adjacent to an activating group) is 1. The minimum atomic E-state index is -0.803. The zero-order valence-corrected chi connectivity index (χ0v) is 12.4. The van der Waals surface area contributed by atoms with Crippen LogP contribution in [0.25, 0.3) is 0 Å². The molecule has 0 aromatic rings. The van der Waals surface area contributed by atoms with Gasteiger partial charge in [0.1, 0.15) is 5.54 Å². The second kappa shape index (κ2) is 7.82. The van der Waals surface area contributed by atoms with Crippen LogP contribution in [-0.2, 0) is 9.53 Å². The highest BCUT2D eigenvalue weighted by Gasteiger charge is 2.31. The molecule has 0 saturated carbocycles. The van der Waals surface area contributed by atoms with E-state index >= 15 is 0 Å². The Morgan fingerprint density at radius 3 is 2.95 bits per heavy atom. The quantitative estimate of drug-likeness (QED) is 0.732. The van der Waals surface area contributed by atoms with E-state index in [-0.39, 0.29) is 6.10 Å². The maximum Gasteiger partial charge on any atom is 0.323 e. The van der Waals surface area contributed by atoms with Crippen molar-refractivity contribution in [2.24, 2.45) is 0 Å². The molecule has 0 spiro atoms. The molecule has 1 aliphatic rings. The zero-order chi connectivity index (χ0) is 14.3. The van der Waals surface area contributed by atoms with Crippen LogP contribution in [0.15, 0.2) is 0 Å². The van der Waals surface area contributed by atoms with Crippen LogP contribution in [0.2, 0.25) is 0 Å². The van der Waals surface area contributed by atoms with Crippen LogP contribution >= 0.6 is 0 Å². The van der Waals surface area contributed by atoms with Crippen molar-refractivity contribution in [1.29, 1.82) is 0 Å². The van der Waals surface area contributed by atoms with E-state index in [1.165, 1.54) is 0 Å². The Kier molecular flexibility index (Phi) is 6.75. The van der Waals surface area contributed by atoms with Gasteiger partial charge in [0.15, 0.2) is 0 Å². The summed E-state index contributed by atoms with van der Waals surface area (Å²) in [7, 11) is 0. The van der Waals surface area contributed by atoms with Gasteiger partial charge in [0.2, 0.25) is 0 Å². The van der Waals surface area contributed by atoms with Gasteiger partial charge in [0.25, 0.3) is 0 Å². The van der Waals surface area contributed by atoms with E-state index in [1.807, 2.05) is 6.92 Å². The van der Waals surface area contributed by atoms with Gasteiger partial charge >= 0.3 is 5.97 Å². The minimum absolute atomic E-state index is 0.280. The van der Waals surface area contributed by atoms with Crippen LogP contribution in [0.1, 0.15) is 40.0 Å². The summed E-state index contributed by atoms with van der Waals surface area (Å²) < 4.78 is 5.61.